The highest BCUT2D eigenvalue weighted by Gasteiger charge is 2.17. The molecule has 0 fully saturated rings. The Bertz CT molecular complexity index is 521. The van der Waals surface area contributed by atoms with Gasteiger partial charge in [-0.25, -0.2) is 4.68 Å². The van der Waals surface area contributed by atoms with E-state index < -0.39 is 5.95 Å². The monoisotopic (exact) mass is 321 g/mol. The molecule has 0 saturated carbocycles. The van der Waals surface area contributed by atoms with Gasteiger partial charge in [0.05, 0.1) is 0 Å². The van der Waals surface area contributed by atoms with Crippen LogP contribution in [0.4, 0.5) is 10.3 Å². The highest BCUT2D eigenvalue weighted by Crippen LogP contribution is 2.23. The van der Waals surface area contributed by atoms with Crippen molar-refractivity contribution in [2.75, 3.05) is 5.73 Å². The van der Waals surface area contributed by atoms with E-state index in [1.54, 1.807) is 4.68 Å². The summed E-state index contributed by atoms with van der Waals surface area (Å²) in [6.07, 6.45) is 0. The number of nitrogens with two attached hydrogens (primary N) is 1. The van der Waals surface area contributed by atoms with Gasteiger partial charge in [0.2, 0.25) is 11.9 Å². The fourth-order valence-electron chi connectivity index (χ4n) is 1.33. The van der Waals surface area contributed by atoms with Gasteiger partial charge in [-0.2, -0.15) is 19.5 Å². The molecule has 0 spiro atoms. The van der Waals surface area contributed by atoms with Gasteiger partial charge in [-0.15, -0.1) is 0 Å². The lowest BCUT2D eigenvalue weighted by molar-refractivity contribution is 0.542. The van der Waals surface area contributed by atoms with Gasteiger partial charge in [0.25, 0.3) is 0 Å². The summed E-state index contributed by atoms with van der Waals surface area (Å²) in [4.78, 5) is 7.48. The van der Waals surface area contributed by atoms with Crippen LogP contribution >= 0.6 is 22.6 Å². The van der Waals surface area contributed by atoms with Crippen LogP contribution in [0.25, 0.3) is 11.0 Å². The molecular weight excluding hydrogens is 312 g/mol. The SMILES string of the molecule is CC(C)n1nc(I)c2c(F)nc(N)nc21. The highest BCUT2D eigenvalue weighted by molar-refractivity contribution is 14.1. The minimum absolute atomic E-state index is 0.0711. The lowest BCUT2D eigenvalue weighted by Crippen LogP contribution is -2.06. The summed E-state index contributed by atoms with van der Waals surface area (Å²) in [5.74, 6) is -0.688. The molecule has 15 heavy (non-hydrogen) atoms. The van der Waals surface area contributed by atoms with Gasteiger partial charge >= 0.3 is 0 Å². The van der Waals surface area contributed by atoms with Gasteiger partial charge in [0.15, 0.2) is 5.65 Å². The van der Waals surface area contributed by atoms with Crippen LogP contribution in [0.5, 0.6) is 0 Å². The topological polar surface area (TPSA) is 69.6 Å². The maximum Gasteiger partial charge on any atom is 0.229 e. The second-order valence-electron chi connectivity index (χ2n) is 3.40. The summed E-state index contributed by atoms with van der Waals surface area (Å²) >= 11 is 1.96. The predicted octanol–water partition coefficient (Wildman–Crippen LogP) is 1.73. The minimum atomic E-state index is -0.617. The molecule has 2 rings (SSSR count). The van der Waals surface area contributed by atoms with Crippen molar-refractivity contribution in [1.82, 2.24) is 19.7 Å². The van der Waals surface area contributed by atoms with Gasteiger partial charge in [0, 0.05) is 6.04 Å². The molecule has 0 bridgehead atoms. The number of fused-ring (bicyclic) bond motifs is 1. The number of nitrogen functional groups attached to an aromatic ring is 1. The molecule has 7 heteroatoms. The average molecular weight is 321 g/mol. The van der Waals surface area contributed by atoms with Crippen LogP contribution in [0.3, 0.4) is 0 Å². The normalized spacial score (nSPS) is 11.5. The van der Waals surface area contributed by atoms with Crippen LogP contribution in [0.15, 0.2) is 0 Å². The van der Waals surface area contributed by atoms with E-state index in [1.165, 1.54) is 0 Å². The first-order chi connectivity index (χ1) is 7.00. The van der Waals surface area contributed by atoms with Crippen molar-refractivity contribution in [1.29, 1.82) is 0 Å². The minimum Gasteiger partial charge on any atom is -0.368 e. The van der Waals surface area contributed by atoms with Gasteiger partial charge < -0.3 is 5.73 Å². The number of hydrogen-bond acceptors (Lipinski definition) is 4. The lowest BCUT2D eigenvalue weighted by Gasteiger charge is -2.05. The summed E-state index contributed by atoms with van der Waals surface area (Å²) in [7, 11) is 0. The molecule has 2 N–H and O–H groups in total. The first-order valence-electron chi connectivity index (χ1n) is 4.37. The zero-order chi connectivity index (χ0) is 11.2. The van der Waals surface area contributed by atoms with E-state index in [4.69, 9.17) is 5.73 Å². The summed E-state index contributed by atoms with van der Waals surface area (Å²) in [6.45, 7) is 3.89. The van der Waals surface area contributed by atoms with Crippen molar-refractivity contribution in [3.8, 4) is 0 Å². The van der Waals surface area contributed by atoms with E-state index in [-0.39, 0.29) is 12.0 Å². The van der Waals surface area contributed by atoms with E-state index in [9.17, 15) is 4.39 Å². The van der Waals surface area contributed by atoms with Crippen molar-refractivity contribution in [3.05, 3.63) is 9.65 Å². The molecule has 80 valence electrons. The Kier molecular flexibility index (Phi) is 2.49. The van der Waals surface area contributed by atoms with Crippen LogP contribution in [-0.2, 0) is 0 Å². The van der Waals surface area contributed by atoms with Crippen molar-refractivity contribution in [2.45, 2.75) is 19.9 Å². The maximum atomic E-state index is 13.5. The number of halogens is 2. The lowest BCUT2D eigenvalue weighted by atomic mass is 10.4. The third kappa shape index (κ3) is 1.64. The van der Waals surface area contributed by atoms with Crippen LogP contribution in [0.2, 0.25) is 0 Å². The Morgan fingerprint density at radius 2 is 2.07 bits per heavy atom. The average Bonchev–Trinajstić information content (AvgIpc) is 2.42. The van der Waals surface area contributed by atoms with Crippen LogP contribution < -0.4 is 5.73 Å². The smallest absolute Gasteiger partial charge is 0.229 e. The second-order valence-corrected chi connectivity index (χ2v) is 4.42. The van der Waals surface area contributed by atoms with Crippen molar-refractivity contribution in [2.24, 2.45) is 0 Å². The molecule has 5 nitrogen and oxygen atoms in total. The van der Waals surface area contributed by atoms with Crippen LogP contribution in [0.1, 0.15) is 19.9 Å². The molecular formula is C8H9FIN5. The van der Waals surface area contributed by atoms with E-state index in [2.05, 4.69) is 15.1 Å². The second kappa shape index (κ2) is 3.54. The quantitative estimate of drug-likeness (QED) is 0.641. The third-order valence-corrected chi connectivity index (χ3v) is 2.73. The van der Waals surface area contributed by atoms with Gasteiger partial charge in [-0.1, -0.05) is 0 Å². The molecule has 2 heterocycles. The Balaban J connectivity index is 2.87. The van der Waals surface area contributed by atoms with Crippen molar-refractivity contribution >= 4 is 39.6 Å². The maximum absolute atomic E-state index is 13.5. The molecule has 0 aliphatic rings. The fourth-order valence-corrected chi connectivity index (χ4v) is 2.03. The zero-order valence-electron chi connectivity index (χ0n) is 8.20. The molecule has 0 aromatic carbocycles. The van der Waals surface area contributed by atoms with Crippen molar-refractivity contribution in [3.63, 3.8) is 0 Å². The van der Waals surface area contributed by atoms with E-state index in [1.807, 2.05) is 36.4 Å². The first-order valence-corrected chi connectivity index (χ1v) is 5.45. The summed E-state index contributed by atoms with van der Waals surface area (Å²) < 4.78 is 15.7. The number of hydrogen-bond donors (Lipinski definition) is 1. The van der Waals surface area contributed by atoms with Crippen LogP contribution in [-0.4, -0.2) is 19.7 Å². The standard InChI is InChI=1S/C8H9FIN5/c1-3(2)15-7-4(6(10)14-15)5(9)12-8(11)13-7/h3H,1-2H3,(H2,11,12,13). The Morgan fingerprint density at radius 3 is 2.67 bits per heavy atom. The number of nitrogens with zero attached hydrogens (tertiary/aromatic N) is 4. The molecule has 0 aliphatic carbocycles. The van der Waals surface area contributed by atoms with E-state index in [0.717, 1.165) is 0 Å². The molecule has 2 aromatic heterocycles. The number of rotatable bonds is 1. The zero-order valence-corrected chi connectivity index (χ0v) is 10.4. The highest BCUT2D eigenvalue weighted by atomic mass is 127. The predicted molar refractivity (Wildman–Crippen MR) is 62.8 cm³/mol. The molecule has 0 aliphatic heterocycles. The fraction of sp³-hybridized carbons (Fsp3) is 0.375. The largest absolute Gasteiger partial charge is 0.368 e. The third-order valence-electron chi connectivity index (χ3n) is 1.97. The summed E-state index contributed by atoms with van der Waals surface area (Å²) in [5.41, 5.74) is 5.84. The summed E-state index contributed by atoms with van der Waals surface area (Å²) in [6, 6.07) is 0.102. The number of aromatic nitrogens is 4. The van der Waals surface area contributed by atoms with Gasteiger partial charge in [0.1, 0.15) is 9.09 Å². The molecule has 0 radical (unpaired) electrons. The Hall–Kier alpha value is -0.990. The number of anilines is 1. The summed E-state index contributed by atoms with van der Waals surface area (Å²) in [5, 5.41) is 4.53. The van der Waals surface area contributed by atoms with Crippen molar-refractivity contribution < 1.29 is 4.39 Å². The first kappa shape index (κ1) is 10.5. The molecule has 0 unspecified atom stereocenters. The molecule has 0 atom stereocenters. The molecule has 2 aromatic rings. The molecule has 0 amide bonds. The van der Waals surface area contributed by atoms with Crippen LogP contribution in [0, 0.1) is 9.65 Å². The van der Waals surface area contributed by atoms with E-state index in [0.29, 0.717) is 14.7 Å². The van der Waals surface area contributed by atoms with Gasteiger partial charge in [-0.3, -0.25) is 0 Å². The van der Waals surface area contributed by atoms with Gasteiger partial charge in [-0.05, 0) is 36.4 Å². The molecule has 0 saturated heterocycles. The Labute approximate surface area is 99.0 Å². The Morgan fingerprint density at radius 1 is 1.40 bits per heavy atom. The van der Waals surface area contributed by atoms with E-state index >= 15 is 0 Å².